The first-order valence-electron chi connectivity index (χ1n) is 11.5. The van der Waals surface area contributed by atoms with Gasteiger partial charge in [0.15, 0.2) is 5.96 Å². The first kappa shape index (κ1) is 23.4. The first-order chi connectivity index (χ1) is 15.4. The number of hydrogen-bond donors (Lipinski definition) is 2. The highest BCUT2D eigenvalue weighted by molar-refractivity contribution is 5.99. The summed E-state index contributed by atoms with van der Waals surface area (Å²) in [5, 5.41) is 2.81. The molecule has 1 aromatic rings. The number of hydrogen-bond acceptors (Lipinski definition) is 5. The highest BCUT2D eigenvalue weighted by Gasteiger charge is 2.72. The van der Waals surface area contributed by atoms with Crippen molar-refractivity contribution in [2.24, 2.45) is 22.6 Å². The normalized spacial score (nSPS) is 28.9. The highest BCUT2D eigenvalue weighted by atomic mass is 19.3. The smallest absolute Gasteiger partial charge is 0.265 e. The van der Waals surface area contributed by atoms with Gasteiger partial charge >= 0.3 is 0 Å². The van der Waals surface area contributed by atoms with Crippen LogP contribution < -0.4 is 15.8 Å². The summed E-state index contributed by atoms with van der Waals surface area (Å²) in [6.45, 7) is 7.32. The third-order valence-corrected chi connectivity index (χ3v) is 7.28. The van der Waals surface area contributed by atoms with Crippen LogP contribution in [0.15, 0.2) is 29.3 Å². The molecule has 33 heavy (non-hydrogen) atoms. The molecule has 3 N–H and O–H groups in total. The molecule has 0 radical (unpaired) electrons. The van der Waals surface area contributed by atoms with E-state index in [1.165, 1.54) is 0 Å². The van der Waals surface area contributed by atoms with E-state index in [1.807, 2.05) is 45.9 Å². The zero-order valence-corrected chi connectivity index (χ0v) is 19.5. The van der Waals surface area contributed by atoms with Gasteiger partial charge in [-0.1, -0.05) is 32.0 Å². The first-order valence-corrected chi connectivity index (χ1v) is 11.5. The lowest BCUT2D eigenvalue weighted by molar-refractivity contribution is -0.130. The fourth-order valence-corrected chi connectivity index (χ4v) is 5.07. The fraction of sp³-hybridized carbons (Fsp3) is 0.625. The zero-order valence-electron chi connectivity index (χ0n) is 19.5. The molecule has 3 aliphatic rings. The number of carbonyl (C=O) groups is 2. The molecule has 2 aliphatic heterocycles. The number of amides is 2. The molecule has 2 amide bonds. The van der Waals surface area contributed by atoms with E-state index in [4.69, 9.17) is 10.5 Å². The number of halogens is 2. The lowest BCUT2D eigenvalue weighted by Gasteiger charge is -2.38. The van der Waals surface area contributed by atoms with Crippen molar-refractivity contribution in [1.82, 2.24) is 10.2 Å². The maximum absolute atomic E-state index is 14.7. The molecule has 9 heteroatoms. The molecule has 0 saturated heterocycles. The van der Waals surface area contributed by atoms with E-state index in [2.05, 4.69) is 10.3 Å². The third kappa shape index (κ3) is 4.17. The molecule has 7 nitrogen and oxygen atoms in total. The van der Waals surface area contributed by atoms with E-state index in [0.717, 1.165) is 10.5 Å². The van der Waals surface area contributed by atoms with Gasteiger partial charge < -0.3 is 15.8 Å². The Morgan fingerprint density at radius 3 is 2.58 bits per heavy atom. The predicted molar refractivity (Wildman–Crippen MR) is 120 cm³/mol. The number of nitrogens with zero attached hydrogens (tertiary/aromatic N) is 2. The van der Waals surface area contributed by atoms with E-state index >= 15 is 0 Å². The summed E-state index contributed by atoms with van der Waals surface area (Å²) in [6, 6.07) is 6.85. The Balaban J connectivity index is 1.48. The van der Waals surface area contributed by atoms with Crippen molar-refractivity contribution in [2.75, 3.05) is 6.54 Å². The summed E-state index contributed by atoms with van der Waals surface area (Å²) >= 11 is 0. The molecule has 180 valence electrons. The number of nitrogens with one attached hydrogen (secondary N) is 1. The molecule has 1 aromatic carbocycles. The minimum Gasteiger partial charge on any atom is -0.487 e. The van der Waals surface area contributed by atoms with Gasteiger partial charge in [0.1, 0.15) is 17.3 Å². The van der Waals surface area contributed by atoms with Crippen molar-refractivity contribution in [3.63, 3.8) is 0 Å². The van der Waals surface area contributed by atoms with Gasteiger partial charge in [0.25, 0.3) is 5.92 Å². The van der Waals surface area contributed by atoms with Crippen LogP contribution >= 0.6 is 0 Å². The number of nitrogens with two attached hydrogens (primary N) is 1. The second-order valence-corrected chi connectivity index (χ2v) is 10.0. The molecular formula is C24H32F2N4O3. The molecule has 1 fully saturated rings. The molecule has 4 rings (SSSR count). The summed E-state index contributed by atoms with van der Waals surface area (Å²) in [7, 11) is 0. The van der Waals surface area contributed by atoms with Crippen molar-refractivity contribution in [1.29, 1.82) is 0 Å². The van der Waals surface area contributed by atoms with Crippen LogP contribution in [0, 0.1) is 11.8 Å². The van der Waals surface area contributed by atoms with Gasteiger partial charge in [0.05, 0.1) is 23.9 Å². The fourth-order valence-electron chi connectivity index (χ4n) is 5.07. The average molecular weight is 463 g/mol. The van der Waals surface area contributed by atoms with Gasteiger partial charge in [0.2, 0.25) is 11.8 Å². The van der Waals surface area contributed by atoms with Gasteiger partial charge in [-0.15, -0.1) is 0 Å². The van der Waals surface area contributed by atoms with Crippen LogP contribution in [-0.2, 0) is 9.59 Å². The Morgan fingerprint density at radius 1 is 1.27 bits per heavy atom. The maximum atomic E-state index is 14.7. The van der Waals surface area contributed by atoms with Gasteiger partial charge in [-0.05, 0) is 32.8 Å². The largest absolute Gasteiger partial charge is 0.487 e. The monoisotopic (exact) mass is 462 g/mol. The summed E-state index contributed by atoms with van der Waals surface area (Å²) in [4.78, 5) is 31.2. The van der Waals surface area contributed by atoms with Crippen molar-refractivity contribution in [2.45, 2.75) is 76.5 Å². The van der Waals surface area contributed by atoms with E-state index in [9.17, 15) is 18.4 Å². The molecular weight excluding hydrogens is 430 g/mol. The van der Waals surface area contributed by atoms with Gasteiger partial charge in [-0.2, -0.15) is 0 Å². The van der Waals surface area contributed by atoms with E-state index < -0.39 is 40.8 Å². The number of ether oxygens (including phenoxy) is 1. The number of guanidine groups is 1. The lowest BCUT2D eigenvalue weighted by Crippen LogP contribution is -2.52. The topological polar surface area (TPSA) is 97.0 Å². The Morgan fingerprint density at radius 2 is 1.94 bits per heavy atom. The lowest BCUT2D eigenvalue weighted by atomic mass is 9.88. The summed E-state index contributed by atoms with van der Waals surface area (Å²) in [5.41, 5.74) is 5.65. The van der Waals surface area contributed by atoms with E-state index in [-0.39, 0.29) is 24.8 Å². The molecule has 3 atom stereocenters. The maximum Gasteiger partial charge on any atom is 0.265 e. The quantitative estimate of drug-likeness (QED) is 0.677. The number of carbonyl (C=O) groups excluding carboxylic acids is 2. The SMILES string of the molecule is CCC1(CC)CC(=O)N(C[C@@H]2[C@@H](C(=O)N[C@H]3CC(C)(C)Oc4ccccc43)C2(F)F)C(N)=N1. The molecule has 1 aliphatic carbocycles. The summed E-state index contributed by atoms with van der Waals surface area (Å²) in [5.74, 6) is -6.48. The molecule has 2 heterocycles. The van der Waals surface area contributed by atoms with Gasteiger partial charge in [0, 0.05) is 18.5 Å². The van der Waals surface area contributed by atoms with Crippen molar-refractivity contribution < 1.29 is 23.1 Å². The summed E-state index contributed by atoms with van der Waals surface area (Å²) < 4.78 is 35.4. The minimum absolute atomic E-state index is 0.0445. The number of alkyl halides is 2. The van der Waals surface area contributed by atoms with Crippen molar-refractivity contribution >= 4 is 17.8 Å². The number of rotatable bonds is 6. The summed E-state index contributed by atoms with van der Waals surface area (Å²) in [6.07, 6.45) is 1.86. The van der Waals surface area contributed by atoms with Crippen LogP contribution in [0.25, 0.3) is 0 Å². The van der Waals surface area contributed by atoms with E-state index in [1.54, 1.807) is 6.07 Å². The number of fused-ring (bicyclic) bond motifs is 1. The standard InChI is InChI=1S/C24H32F2N4O3/c1-5-23(6-2)12-18(31)30(21(27)29-23)13-15-19(24(15,25)26)20(32)28-16-11-22(3,4)33-17-10-8-7-9-14(16)17/h7-10,15-16,19H,5-6,11-13H2,1-4H3,(H2,27,29)(H,28,32)/t15-,16+,19+/m1/s1. The average Bonchev–Trinajstić information content (AvgIpc) is 3.29. The third-order valence-electron chi connectivity index (χ3n) is 7.28. The van der Waals surface area contributed by atoms with Crippen LogP contribution in [-0.4, -0.2) is 46.3 Å². The predicted octanol–water partition coefficient (Wildman–Crippen LogP) is 3.39. The van der Waals surface area contributed by atoms with Gasteiger partial charge in [-0.3, -0.25) is 14.5 Å². The molecule has 0 bridgehead atoms. The van der Waals surface area contributed by atoms with E-state index in [0.29, 0.717) is 25.0 Å². The Hall–Kier alpha value is -2.71. The molecule has 0 unspecified atom stereocenters. The zero-order chi connectivity index (χ0) is 24.2. The van der Waals surface area contributed by atoms with Crippen LogP contribution in [0.2, 0.25) is 0 Å². The van der Waals surface area contributed by atoms with Crippen molar-refractivity contribution in [3.8, 4) is 5.75 Å². The van der Waals surface area contributed by atoms with Crippen LogP contribution in [0.5, 0.6) is 5.75 Å². The van der Waals surface area contributed by atoms with Crippen LogP contribution in [0.1, 0.15) is 65.0 Å². The van der Waals surface area contributed by atoms with Gasteiger partial charge in [-0.25, -0.2) is 13.8 Å². The minimum atomic E-state index is -3.21. The van der Waals surface area contributed by atoms with Crippen molar-refractivity contribution in [3.05, 3.63) is 29.8 Å². The molecule has 1 saturated carbocycles. The Bertz CT molecular complexity index is 990. The Kier molecular flexibility index (Phi) is 5.65. The molecule has 0 spiro atoms. The second kappa shape index (κ2) is 7.95. The molecule has 0 aromatic heterocycles. The highest BCUT2D eigenvalue weighted by Crippen LogP contribution is 2.56. The number of benzene rings is 1. The van der Waals surface area contributed by atoms with Crippen LogP contribution in [0.4, 0.5) is 8.78 Å². The number of para-hydroxylation sites is 1. The number of aliphatic imine (C=N–C) groups is 1. The Labute approximate surface area is 192 Å². The van der Waals surface area contributed by atoms with Crippen LogP contribution in [0.3, 0.4) is 0 Å². The second-order valence-electron chi connectivity index (χ2n) is 10.0.